The van der Waals surface area contributed by atoms with Crippen molar-refractivity contribution in [2.45, 2.75) is 17.7 Å². The molecule has 0 aliphatic carbocycles. The largest absolute Gasteiger partial charge is 0.333 e. The summed E-state index contributed by atoms with van der Waals surface area (Å²) in [6.07, 6.45) is 2.99. The molecule has 3 heterocycles. The van der Waals surface area contributed by atoms with Gasteiger partial charge in [-0.25, -0.2) is 22.8 Å². The number of aryl methyl sites for hydroxylation is 1. The number of nitrogens with one attached hydrogen (secondary N) is 1. The highest BCUT2D eigenvalue weighted by molar-refractivity contribution is 7.92. The molecule has 1 N–H and O–H groups in total. The van der Waals surface area contributed by atoms with Crippen LogP contribution in [0.25, 0.3) is 16.7 Å². The lowest BCUT2D eigenvalue weighted by atomic mass is 10.0. The third-order valence-electron chi connectivity index (χ3n) is 5.39. The Morgan fingerprint density at radius 2 is 1.81 bits per heavy atom. The van der Waals surface area contributed by atoms with Crippen molar-refractivity contribution in [1.82, 2.24) is 14.5 Å². The normalized spacial score (nSPS) is 13.9. The van der Waals surface area contributed by atoms with Crippen LogP contribution in [-0.2, 0) is 16.4 Å². The zero-order valence-corrected chi connectivity index (χ0v) is 17.2. The molecule has 0 amide bonds. The van der Waals surface area contributed by atoms with Gasteiger partial charge in [-0.1, -0.05) is 24.3 Å². The average molecular weight is 434 g/mol. The first-order valence-corrected chi connectivity index (χ1v) is 11.2. The number of aromatic amines is 1. The SMILES string of the molecule is O=c1[nH]c2cccnc2c(=O)n1-c1cccc(S(=O)(=O)N2CCCc3ccccc32)c1. The Morgan fingerprint density at radius 1 is 0.968 bits per heavy atom. The van der Waals surface area contributed by atoms with E-state index < -0.39 is 21.3 Å². The van der Waals surface area contributed by atoms with Crippen LogP contribution in [-0.4, -0.2) is 29.5 Å². The molecule has 31 heavy (non-hydrogen) atoms. The van der Waals surface area contributed by atoms with Crippen LogP contribution in [0.2, 0.25) is 0 Å². The van der Waals surface area contributed by atoms with Gasteiger partial charge in [-0.05, 0) is 54.8 Å². The predicted molar refractivity (Wildman–Crippen MR) is 117 cm³/mol. The van der Waals surface area contributed by atoms with E-state index in [0.717, 1.165) is 16.6 Å². The van der Waals surface area contributed by atoms with E-state index in [0.29, 0.717) is 24.2 Å². The number of anilines is 1. The van der Waals surface area contributed by atoms with Crippen molar-refractivity contribution in [3.8, 4) is 5.69 Å². The van der Waals surface area contributed by atoms with Gasteiger partial charge in [0, 0.05) is 12.7 Å². The molecule has 9 heteroatoms. The first kappa shape index (κ1) is 19.3. The van der Waals surface area contributed by atoms with E-state index in [2.05, 4.69) is 9.97 Å². The maximum Gasteiger partial charge on any atom is 0.333 e. The Balaban J connectivity index is 1.65. The first-order chi connectivity index (χ1) is 15.0. The zero-order valence-electron chi connectivity index (χ0n) is 16.4. The number of H-pyrrole nitrogens is 1. The highest BCUT2D eigenvalue weighted by Crippen LogP contribution is 2.32. The van der Waals surface area contributed by atoms with Crippen LogP contribution in [0.3, 0.4) is 0 Å². The van der Waals surface area contributed by atoms with Crippen molar-refractivity contribution in [3.63, 3.8) is 0 Å². The van der Waals surface area contributed by atoms with Crippen molar-refractivity contribution in [3.05, 3.63) is 93.3 Å². The van der Waals surface area contributed by atoms with Crippen LogP contribution in [0.5, 0.6) is 0 Å². The molecule has 2 aromatic carbocycles. The quantitative estimate of drug-likeness (QED) is 0.532. The Hall–Kier alpha value is -3.72. The Morgan fingerprint density at radius 3 is 2.68 bits per heavy atom. The van der Waals surface area contributed by atoms with Crippen LogP contribution in [0, 0.1) is 0 Å². The summed E-state index contributed by atoms with van der Waals surface area (Å²) in [6.45, 7) is 0.365. The Labute approximate surface area is 177 Å². The molecule has 156 valence electrons. The van der Waals surface area contributed by atoms with E-state index in [4.69, 9.17) is 0 Å². The number of para-hydroxylation sites is 1. The van der Waals surface area contributed by atoms with Gasteiger partial charge in [0.25, 0.3) is 15.6 Å². The zero-order chi connectivity index (χ0) is 21.6. The van der Waals surface area contributed by atoms with Crippen molar-refractivity contribution < 1.29 is 8.42 Å². The summed E-state index contributed by atoms with van der Waals surface area (Å²) in [5, 5.41) is 0. The van der Waals surface area contributed by atoms with E-state index in [1.165, 1.54) is 34.8 Å². The van der Waals surface area contributed by atoms with Crippen molar-refractivity contribution in [2.75, 3.05) is 10.8 Å². The van der Waals surface area contributed by atoms with Crippen LogP contribution in [0.15, 0.2) is 81.3 Å². The number of nitrogens with zero attached hydrogens (tertiary/aromatic N) is 3. The molecule has 0 saturated heterocycles. The summed E-state index contributed by atoms with van der Waals surface area (Å²) in [5.74, 6) is 0. The summed E-state index contributed by atoms with van der Waals surface area (Å²) in [4.78, 5) is 32.2. The van der Waals surface area contributed by atoms with Crippen LogP contribution < -0.4 is 15.6 Å². The van der Waals surface area contributed by atoms with Gasteiger partial charge in [-0.2, -0.15) is 0 Å². The molecule has 0 saturated carbocycles. The fourth-order valence-electron chi connectivity index (χ4n) is 3.94. The maximum atomic E-state index is 13.5. The molecule has 0 fully saturated rings. The number of fused-ring (bicyclic) bond motifs is 2. The highest BCUT2D eigenvalue weighted by Gasteiger charge is 2.29. The molecule has 0 spiro atoms. The number of hydrogen-bond donors (Lipinski definition) is 1. The van der Waals surface area contributed by atoms with E-state index in [9.17, 15) is 18.0 Å². The van der Waals surface area contributed by atoms with Gasteiger partial charge < -0.3 is 4.98 Å². The fourth-order valence-corrected chi connectivity index (χ4v) is 5.52. The third kappa shape index (κ3) is 3.14. The molecule has 0 bridgehead atoms. The molecule has 5 rings (SSSR count). The summed E-state index contributed by atoms with van der Waals surface area (Å²) < 4.78 is 29.2. The second-order valence-electron chi connectivity index (χ2n) is 7.28. The lowest BCUT2D eigenvalue weighted by Gasteiger charge is -2.30. The molecule has 8 nitrogen and oxygen atoms in total. The van der Waals surface area contributed by atoms with Crippen molar-refractivity contribution in [2.24, 2.45) is 0 Å². The number of rotatable bonds is 3. The average Bonchev–Trinajstić information content (AvgIpc) is 2.79. The molecule has 1 aliphatic heterocycles. The van der Waals surface area contributed by atoms with Crippen LogP contribution in [0.1, 0.15) is 12.0 Å². The van der Waals surface area contributed by atoms with Gasteiger partial charge >= 0.3 is 5.69 Å². The minimum Gasteiger partial charge on any atom is -0.305 e. The van der Waals surface area contributed by atoms with Gasteiger partial charge in [-0.3, -0.25) is 9.10 Å². The second-order valence-corrected chi connectivity index (χ2v) is 9.14. The van der Waals surface area contributed by atoms with Gasteiger partial charge in [-0.15, -0.1) is 0 Å². The molecule has 0 atom stereocenters. The van der Waals surface area contributed by atoms with Gasteiger partial charge in [0.1, 0.15) is 0 Å². The molecule has 4 aromatic rings. The predicted octanol–water partition coefficient (Wildman–Crippen LogP) is 2.22. The smallest absolute Gasteiger partial charge is 0.305 e. The van der Waals surface area contributed by atoms with E-state index in [1.54, 1.807) is 18.2 Å². The highest BCUT2D eigenvalue weighted by atomic mass is 32.2. The fraction of sp³-hybridized carbons (Fsp3) is 0.136. The van der Waals surface area contributed by atoms with Crippen molar-refractivity contribution in [1.29, 1.82) is 0 Å². The standard InChI is InChI=1S/C22H18N4O4S/c27-21-20-18(10-4-12-23-20)24-22(28)26(21)16-8-3-9-17(14-16)31(29,30)25-13-5-7-15-6-1-2-11-19(15)25/h1-4,6,8-12,14H,5,7,13H2,(H,24,28). The maximum absolute atomic E-state index is 13.5. The lowest BCUT2D eigenvalue weighted by Crippen LogP contribution is -2.36. The number of pyridine rings is 1. The van der Waals surface area contributed by atoms with Crippen LogP contribution in [0.4, 0.5) is 5.69 Å². The minimum atomic E-state index is -3.88. The van der Waals surface area contributed by atoms with E-state index in [-0.39, 0.29) is 16.1 Å². The minimum absolute atomic E-state index is 0.00845. The number of sulfonamides is 1. The second kappa shape index (κ2) is 7.21. The van der Waals surface area contributed by atoms with E-state index in [1.807, 2.05) is 18.2 Å². The number of benzene rings is 2. The van der Waals surface area contributed by atoms with Crippen LogP contribution >= 0.6 is 0 Å². The monoisotopic (exact) mass is 434 g/mol. The molecule has 2 aromatic heterocycles. The summed E-state index contributed by atoms with van der Waals surface area (Å²) in [6, 6.07) is 16.5. The molecule has 0 unspecified atom stereocenters. The van der Waals surface area contributed by atoms with Gasteiger partial charge in [0.15, 0.2) is 5.52 Å². The summed E-state index contributed by atoms with van der Waals surface area (Å²) in [5.41, 5.74) is 0.930. The summed E-state index contributed by atoms with van der Waals surface area (Å²) >= 11 is 0. The summed E-state index contributed by atoms with van der Waals surface area (Å²) in [7, 11) is -3.88. The number of hydrogen-bond acceptors (Lipinski definition) is 5. The van der Waals surface area contributed by atoms with Crippen molar-refractivity contribution >= 4 is 26.7 Å². The van der Waals surface area contributed by atoms with E-state index >= 15 is 0 Å². The molecule has 0 radical (unpaired) electrons. The van der Waals surface area contributed by atoms with Gasteiger partial charge in [0.05, 0.1) is 21.8 Å². The van der Waals surface area contributed by atoms with Gasteiger partial charge in [0.2, 0.25) is 0 Å². The Bertz CT molecular complexity index is 1540. The molecular weight excluding hydrogens is 416 g/mol. The lowest BCUT2D eigenvalue weighted by molar-refractivity contribution is 0.586. The Kier molecular flexibility index (Phi) is 4.48. The number of aromatic nitrogens is 3. The third-order valence-corrected chi connectivity index (χ3v) is 7.20. The molecular formula is C22H18N4O4S. The molecule has 1 aliphatic rings. The topological polar surface area (TPSA) is 105 Å². The first-order valence-electron chi connectivity index (χ1n) is 9.78.